The summed E-state index contributed by atoms with van der Waals surface area (Å²) in [5, 5.41) is 12.2. The lowest BCUT2D eigenvalue weighted by molar-refractivity contribution is -0.117. The number of carbonyl (C=O) groups is 1. The summed E-state index contributed by atoms with van der Waals surface area (Å²) in [4.78, 5) is 14.3. The first-order valence-corrected chi connectivity index (χ1v) is 8.93. The van der Waals surface area contributed by atoms with Crippen molar-refractivity contribution in [2.24, 2.45) is 0 Å². The van der Waals surface area contributed by atoms with Crippen molar-refractivity contribution < 1.29 is 9.53 Å². The summed E-state index contributed by atoms with van der Waals surface area (Å²) in [6, 6.07) is 17.7. The van der Waals surface area contributed by atoms with E-state index in [1.54, 1.807) is 13.3 Å². The zero-order chi connectivity index (χ0) is 19.6. The number of carbonyl (C=O) groups excluding carboxylic acids is 1. The van der Waals surface area contributed by atoms with Gasteiger partial charge in [0.15, 0.2) is 0 Å². The molecule has 0 atom stereocenters. The highest BCUT2D eigenvalue weighted by molar-refractivity contribution is 5.97. The summed E-state index contributed by atoms with van der Waals surface area (Å²) in [6.07, 6.45) is 2.29. The average molecular weight is 363 g/mol. The van der Waals surface area contributed by atoms with E-state index in [1.165, 1.54) is 0 Å². The molecule has 0 radical (unpaired) electrons. The van der Waals surface area contributed by atoms with Gasteiger partial charge in [-0.05, 0) is 55.7 Å². The molecule has 1 N–H and O–H groups in total. The number of aryl methyl sites for hydroxylation is 1. The summed E-state index contributed by atoms with van der Waals surface area (Å²) in [6.45, 7) is 5.11. The fourth-order valence-corrected chi connectivity index (χ4v) is 2.66. The van der Waals surface area contributed by atoms with E-state index in [4.69, 9.17) is 4.74 Å². The Labute approximate surface area is 160 Å². The maximum Gasteiger partial charge on any atom is 0.263 e. The van der Waals surface area contributed by atoms with Gasteiger partial charge in [0.25, 0.3) is 5.91 Å². The maximum absolute atomic E-state index is 12.4. The van der Waals surface area contributed by atoms with Crippen LogP contribution in [0.25, 0.3) is 0 Å². The van der Waals surface area contributed by atoms with Crippen LogP contribution in [0, 0.1) is 18.3 Å². The lowest BCUT2D eigenvalue weighted by Gasteiger charge is -2.19. The fourth-order valence-electron chi connectivity index (χ4n) is 2.66. The van der Waals surface area contributed by atoms with Gasteiger partial charge in [0.2, 0.25) is 0 Å². The van der Waals surface area contributed by atoms with Crippen molar-refractivity contribution in [3.05, 3.63) is 71.4 Å². The van der Waals surface area contributed by atoms with Gasteiger partial charge in [-0.3, -0.25) is 4.79 Å². The van der Waals surface area contributed by atoms with Crippen LogP contribution in [0.2, 0.25) is 0 Å². The molecule has 0 spiro atoms. The summed E-state index contributed by atoms with van der Waals surface area (Å²) in [5.41, 5.74) is 3.26. The van der Waals surface area contributed by atoms with Crippen molar-refractivity contribution in [2.45, 2.75) is 20.3 Å². The van der Waals surface area contributed by atoms with Crippen molar-refractivity contribution in [3.63, 3.8) is 0 Å². The zero-order valence-electron chi connectivity index (χ0n) is 16.0. The highest BCUT2D eigenvalue weighted by Crippen LogP contribution is 2.17. The Kier molecular flexibility index (Phi) is 7.45. The Balaban J connectivity index is 1.99. The van der Waals surface area contributed by atoms with Gasteiger partial charge >= 0.3 is 0 Å². The van der Waals surface area contributed by atoms with Crippen molar-refractivity contribution in [3.8, 4) is 11.8 Å². The smallest absolute Gasteiger partial charge is 0.263 e. The van der Waals surface area contributed by atoms with Crippen LogP contribution in [0.4, 0.5) is 5.69 Å². The second-order valence-electron chi connectivity index (χ2n) is 6.13. The maximum atomic E-state index is 12.4. The highest BCUT2D eigenvalue weighted by atomic mass is 16.5. The van der Waals surface area contributed by atoms with Gasteiger partial charge in [-0.1, -0.05) is 24.3 Å². The van der Waals surface area contributed by atoms with Gasteiger partial charge in [0.1, 0.15) is 17.4 Å². The quantitative estimate of drug-likeness (QED) is 0.575. The van der Waals surface area contributed by atoms with Gasteiger partial charge in [0.05, 0.1) is 7.11 Å². The number of anilines is 1. The molecular weight excluding hydrogens is 338 g/mol. The molecule has 2 aromatic carbocycles. The number of hydrogen-bond donors (Lipinski definition) is 1. The van der Waals surface area contributed by atoms with Gasteiger partial charge in [0, 0.05) is 25.0 Å². The van der Waals surface area contributed by atoms with Crippen LogP contribution < -0.4 is 15.0 Å². The summed E-state index contributed by atoms with van der Waals surface area (Å²) in [7, 11) is 1.63. The molecule has 0 aliphatic rings. The molecule has 0 fully saturated rings. The Hall–Kier alpha value is -3.26. The number of nitrogens with one attached hydrogen (secondary N) is 1. The third-order valence-electron chi connectivity index (χ3n) is 4.18. The number of nitrogens with zero attached hydrogens (tertiary/aromatic N) is 2. The molecule has 0 saturated heterocycles. The standard InChI is InChI=1S/C22H25N3O2/c1-4-25(20-7-5-6-17(2)14-20)16-19(15-23)22(26)24-13-12-18-8-10-21(27-3)11-9-18/h5-11,14,16H,4,12-13H2,1-3H3,(H,24,26)/b19-16-. The van der Waals surface area contributed by atoms with E-state index in [2.05, 4.69) is 5.32 Å². The molecule has 27 heavy (non-hydrogen) atoms. The number of methoxy groups -OCH3 is 1. The Bertz CT molecular complexity index is 835. The predicted octanol–water partition coefficient (Wildman–Crippen LogP) is 3.60. The molecule has 0 saturated carbocycles. The topological polar surface area (TPSA) is 65.4 Å². The molecule has 0 aliphatic carbocycles. The van der Waals surface area contributed by atoms with E-state index < -0.39 is 0 Å². The minimum absolute atomic E-state index is 0.0908. The number of benzene rings is 2. The number of hydrogen-bond acceptors (Lipinski definition) is 4. The second kappa shape index (κ2) is 10.0. The third kappa shape index (κ3) is 5.89. The zero-order valence-corrected chi connectivity index (χ0v) is 16.0. The minimum Gasteiger partial charge on any atom is -0.497 e. The molecule has 140 valence electrons. The van der Waals surface area contributed by atoms with Crippen molar-refractivity contribution in [1.82, 2.24) is 5.32 Å². The number of nitriles is 1. The average Bonchev–Trinajstić information content (AvgIpc) is 2.69. The minimum atomic E-state index is -0.364. The van der Waals surface area contributed by atoms with E-state index in [0.29, 0.717) is 19.5 Å². The van der Waals surface area contributed by atoms with Crippen LogP contribution >= 0.6 is 0 Å². The Morgan fingerprint density at radius 1 is 1.26 bits per heavy atom. The molecule has 0 aromatic heterocycles. The summed E-state index contributed by atoms with van der Waals surface area (Å²) < 4.78 is 5.13. The second-order valence-corrected chi connectivity index (χ2v) is 6.13. The number of rotatable bonds is 8. The van der Waals surface area contributed by atoms with Crippen LogP contribution in [-0.2, 0) is 11.2 Å². The number of ether oxygens (including phenoxy) is 1. The number of amides is 1. The Morgan fingerprint density at radius 2 is 2.00 bits per heavy atom. The first-order valence-electron chi connectivity index (χ1n) is 8.93. The van der Waals surface area contributed by atoms with Gasteiger partial charge in [-0.2, -0.15) is 5.26 Å². The monoisotopic (exact) mass is 363 g/mol. The molecule has 5 nitrogen and oxygen atoms in total. The molecular formula is C22H25N3O2. The third-order valence-corrected chi connectivity index (χ3v) is 4.18. The molecule has 2 rings (SSSR count). The van der Waals surface area contributed by atoms with Crippen molar-refractivity contribution in [2.75, 3.05) is 25.1 Å². The predicted molar refractivity (Wildman–Crippen MR) is 108 cm³/mol. The summed E-state index contributed by atoms with van der Waals surface area (Å²) in [5.74, 6) is 0.436. The Morgan fingerprint density at radius 3 is 2.59 bits per heavy atom. The lowest BCUT2D eigenvalue weighted by atomic mass is 10.1. The van der Waals surface area contributed by atoms with Crippen LogP contribution in [0.15, 0.2) is 60.3 Å². The van der Waals surface area contributed by atoms with Gasteiger partial charge < -0.3 is 15.0 Å². The van der Waals surface area contributed by atoms with Crippen LogP contribution in [0.5, 0.6) is 5.75 Å². The van der Waals surface area contributed by atoms with E-state index in [0.717, 1.165) is 22.6 Å². The molecule has 1 amide bonds. The van der Waals surface area contributed by atoms with Gasteiger partial charge in [-0.15, -0.1) is 0 Å². The molecule has 0 bridgehead atoms. The summed E-state index contributed by atoms with van der Waals surface area (Å²) >= 11 is 0. The van der Waals surface area contributed by atoms with E-state index in [9.17, 15) is 10.1 Å². The van der Waals surface area contributed by atoms with E-state index in [1.807, 2.05) is 73.3 Å². The van der Waals surface area contributed by atoms with Crippen molar-refractivity contribution >= 4 is 11.6 Å². The molecule has 0 aliphatic heterocycles. The van der Waals surface area contributed by atoms with E-state index in [-0.39, 0.29) is 11.5 Å². The first-order chi connectivity index (χ1) is 13.1. The normalized spacial score (nSPS) is 10.8. The molecule has 0 heterocycles. The van der Waals surface area contributed by atoms with Crippen molar-refractivity contribution in [1.29, 1.82) is 5.26 Å². The van der Waals surface area contributed by atoms with Crippen LogP contribution in [0.1, 0.15) is 18.1 Å². The lowest BCUT2D eigenvalue weighted by Crippen LogP contribution is -2.28. The SMILES string of the molecule is CCN(/C=C(/C#N)C(=O)NCCc1ccc(OC)cc1)c1cccc(C)c1. The molecule has 0 unspecified atom stereocenters. The molecule has 5 heteroatoms. The van der Waals surface area contributed by atoms with Gasteiger partial charge in [-0.25, -0.2) is 0 Å². The first kappa shape index (κ1) is 20.1. The van der Waals surface area contributed by atoms with E-state index >= 15 is 0 Å². The van der Waals surface area contributed by atoms with Crippen LogP contribution in [-0.4, -0.2) is 26.1 Å². The largest absolute Gasteiger partial charge is 0.497 e. The fraction of sp³-hybridized carbons (Fsp3) is 0.273. The molecule has 2 aromatic rings. The highest BCUT2D eigenvalue weighted by Gasteiger charge is 2.11. The van der Waals surface area contributed by atoms with Crippen LogP contribution in [0.3, 0.4) is 0 Å².